The summed E-state index contributed by atoms with van der Waals surface area (Å²) in [6, 6.07) is 21.2. The molecule has 138 valence electrons. The van der Waals surface area contributed by atoms with Crippen molar-refractivity contribution in [3.63, 3.8) is 0 Å². The van der Waals surface area contributed by atoms with E-state index in [4.69, 9.17) is 0 Å². The Morgan fingerprint density at radius 1 is 0.852 bits per heavy atom. The van der Waals surface area contributed by atoms with Crippen molar-refractivity contribution < 1.29 is 9.59 Å². The summed E-state index contributed by atoms with van der Waals surface area (Å²) in [7, 11) is 0. The predicted octanol–water partition coefficient (Wildman–Crippen LogP) is 4.72. The molecule has 0 aliphatic carbocycles. The molecule has 3 aromatic carbocycles. The van der Waals surface area contributed by atoms with Crippen LogP contribution in [0.5, 0.6) is 0 Å². The number of fused-ring (bicyclic) bond motifs is 1. The lowest BCUT2D eigenvalue weighted by Gasteiger charge is -2.20. The summed E-state index contributed by atoms with van der Waals surface area (Å²) in [5, 5.41) is 8.59. The zero-order valence-electron chi connectivity index (χ0n) is 15.8. The minimum absolute atomic E-state index is 0.0257. The molecule has 27 heavy (non-hydrogen) atoms. The molecule has 0 aliphatic rings. The molecular weight excluding hydrogens is 336 g/mol. The SMILES string of the molecule is CC(=O)c1cccc(NC(=O)C(C)NC(C)c2ccc3ccccc3c2)c1. The van der Waals surface area contributed by atoms with Gasteiger partial charge in [-0.15, -0.1) is 0 Å². The van der Waals surface area contributed by atoms with Gasteiger partial charge in [0, 0.05) is 17.3 Å². The van der Waals surface area contributed by atoms with Gasteiger partial charge in [-0.3, -0.25) is 14.9 Å². The number of nitrogens with one attached hydrogen (secondary N) is 2. The molecule has 4 nitrogen and oxygen atoms in total. The molecule has 2 atom stereocenters. The quantitative estimate of drug-likeness (QED) is 0.625. The van der Waals surface area contributed by atoms with Crippen LogP contribution in [0.25, 0.3) is 10.8 Å². The lowest BCUT2D eigenvalue weighted by atomic mass is 10.0. The van der Waals surface area contributed by atoms with E-state index < -0.39 is 0 Å². The Labute approximate surface area is 159 Å². The number of Topliss-reactive ketones (excluding diaryl/α,β-unsaturated/α-hetero) is 1. The van der Waals surface area contributed by atoms with Gasteiger partial charge in [0.05, 0.1) is 6.04 Å². The summed E-state index contributed by atoms with van der Waals surface area (Å²) in [6.07, 6.45) is 0. The minimum atomic E-state index is -0.382. The van der Waals surface area contributed by atoms with Gasteiger partial charge in [-0.25, -0.2) is 0 Å². The molecule has 3 rings (SSSR count). The molecule has 0 aromatic heterocycles. The van der Waals surface area contributed by atoms with Gasteiger partial charge in [-0.1, -0.05) is 48.5 Å². The van der Waals surface area contributed by atoms with Gasteiger partial charge in [-0.05, 0) is 55.3 Å². The highest BCUT2D eigenvalue weighted by Gasteiger charge is 2.17. The maximum absolute atomic E-state index is 12.5. The van der Waals surface area contributed by atoms with E-state index in [2.05, 4.69) is 41.0 Å². The van der Waals surface area contributed by atoms with E-state index in [0.29, 0.717) is 11.3 Å². The Kier molecular flexibility index (Phi) is 5.67. The van der Waals surface area contributed by atoms with Crippen LogP contribution in [-0.2, 0) is 4.79 Å². The van der Waals surface area contributed by atoms with Gasteiger partial charge < -0.3 is 5.32 Å². The maximum Gasteiger partial charge on any atom is 0.241 e. The molecule has 0 spiro atoms. The number of rotatable bonds is 6. The Morgan fingerprint density at radius 2 is 1.59 bits per heavy atom. The number of carbonyl (C=O) groups is 2. The first kappa shape index (κ1) is 18.8. The van der Waals surface area contributed by atoms with Crippen LogP contribution in [0.1, 0.15) is 42.7 Å². The molecule has 1 amide bonds. The van der Waals surface area contributed by atoms with Crippen molar-refractivity contribution in [2.75, 3.05) is 5.32 Å². The van der Waals surface area contributed by atoms with Gasteiger partial charge in [0.25, 0.3) is 0 Å². The normalized spacial score (nSPS) is 13.1. The number of hydrogen-bond donors (Lipinski definition) is 2. The van der Waals surface area contributed by atoms with Crippen LogP contribution in [0.15, 0.2) is 66.7 Å². The van der Waals surface area contributed by atoms with Gasteiger partial charge in [0.2, 0.25) is 5.91 Å². The van der Waals surface area contributed by atoms with Gasteiger partial charge >= 0.3 is 0 Å². The van der Waals surface area contributed by atoms with Crippen LogP contribution in [-0.4, -0.2) is 17.7 Å². The summed E-state index contributed by atoms with van der Waals surface area (Å²) in [5.41, 5.74) is 2.34. The molecule has 0 radical (unpaired) electrons. The number of carbonyl (C=O) groups excluding carboxylic acids is 2. The van der Waals surface area contributed by atoms with Crippen LogP contribution in [0.3, 0.4) is 0 Å². The highest BCUT2D eigenvalue weighted by molar-refractivity contribution is 5.98. The van der Waals surface area contributed by atoms with Crippen LogP contribution in [0.2, 0.25) is 0 Å². The first-order valence-corrected chi connectivity index (χ1v) is 9.10. The van der Waals surface area contributed by atoms with E-state index in [1.807, 2.05) is 26.0 Å². The molecule has 0 aliphatic heterocycles. The number of anilines is 1. The van der Waals surface area contributed by atoms with E-state index in [0.717, 1.165) is 5.56 Å². The monoisotopic (exact) mass is 360 g/mol. The fourth-order valence-corrected chi connectivity index (χ4v) is 3.09. The third-order valence-corrected chi connectivity index (χ3v) is 4.70. The lowest BCUT2D eigenvalue weighted by Crippen LogP contribution is -2.39. The average molecular weight is 360 g/mol. The molecule has 3 aromatic rings. The van der Waals surface area contributed by atoms with Crippen molar-refractivity contribution in [1.29, 1.82) is 0 Å². The Hall–Kier alpha value is -2.98. The minimum Gasteiger partial charge on any atom is -0.325 e. The summed E-state index contributed by atoms with van der Waals surface area (Å²) in [5.74, 6) is -0.162. The number of ketones is 1. The molecule has 2 unspecified atom stereocenters. The molecule has 0 saturated heterocycles. The van der Waals surface area contributed by atoms with E-state index in [1.54, 1.807) is 24.3 Å². The Balaban J connectivity index is 1.66. The third kappa shape index (κ3) is 4.60. The largest absolute Gasteiger partial charge is 0.325 e. The Morgan fingerprint density at radius 3 is 2.33 bits per heavy atom. The fraction of sp³-hybridized carbons (Fsp3) is 0.217. The van der Waals surface area contributed by atoms with Gasteiger partial charge in [-0.2, -0.15) is 0 Å². The third-order valence-electron chi connectivity index (χ3n) is 4.70. The fourth-order valence-electron chi connectivity index (χ4n) is 3.09. The number of benzene rings is 3. The highest BCUT2D eigenvalue weighted by atomic mass is 16.2. The van der Waals surface area contributed by atoms with Crippen molar-refractivity contribution in [3.05, 3.63) is 77.9 Å². The summed E-state index contributed by atoms with van der Waals surface area (Å²) in [6.45, 7) is 5.39. The Bertz CT molecular complexity index is 981. The van der Waals surface area contributed by atoms with Crippen LogP contribution in [0, 0.1) is 0 Å². The van der Waals surface area contributed by atoms with Crippen LogP contribution >= 0.6 is 0 Å². The second kappa shape index (κ2) is 8.14. The van der Waals surface area contributed by atoms with E-state index >= 15 is 0 Å². The van der Waals surface area contributed by atoms with E-state index in [9.17, 15) is 9.59 Å². The van der Waals surface area contributed by atoms with Crippen LogP contribution < -0.4 is 10.6 Å². The van der Waals surface area contributed by atoms with Crippen molar-refractivity contribution in [2.45, 2.75) is 32.9 Å². The van der Waals surface area contributed by atoms with Crippen molar-refractivity contribution in [1.82, 2.24) is 5.32 Å². The zero-order valence-corrected chi connectivity index (χ0v) is 15.8. The second-order valence-electron chi connectivity index (χ2n) is 6.84. The molecule has 2 N–H and O–H groups in total. The first-order chi connectivity index (χ1) is 12.9. The molecule has 4 heteroatoms. The maximum atomic E-state index is 12.5. The summed E-state index contributed by atoms with van der Waals surface area (Å²) in [4.78, 5) is 24.0. The predicted molar refractivity (Wildman–Crippen MR) is 110 cm³/mol. The van der Waals surface area contributed by atoms with Gasteiger partial charge in [0.15, 0.2) is 5.78 Å². The summed E-state index contributed by atoms with van der Waals surface area (Å²) >= 11 is 0. The van der Waals surface area contributed by atoms with E-state index in [-0.39, 0.29) is 23.8 Å². The number of hydrogen-bond acceptors (Lipinski definition) is 3. The summed E-state index contributed by atoms with van der Waals surface area (Å²) < 4.78 is 0. The van der Waals surface area contributed by atoms with E-state index in [1.165, 1.54) is 17.7 Å². The average Bonchev–Trinajstić information content (AvgIpc) is 2.67. The molecule has 0 bridgehead atoms. The van der Waals surface area contributed by atoms with Gasteiger partial charge in [0.1, 0.15) is 0 Å². The molecule has 0 saturated carbocycles. The molecule has 0 heterocycles. The number of amides is 1. The zero-order chi connectivity index (χ0) is 19.4. The smallest absolute Gasteiger partial charge is 0.241 e. The topological polar surface area (TPSA) is 58.2 Å². The second-order valence-corrected chi connectivity index (χ2v) is 6.84. The first-order valence-electron chi connectivity index (χ1n) is 9.10. The van der Waals surface area contributed by atoms with Crippen molar-refractivity contribution in [2.24, 2.45) is 0 Å². The lowest BCUT2D eigenvalue weighted by molar-refractivity contribution is -0.117. The molecule has 0 fully saturated rings. The molecular formula is C23H24N2O2. The van der Waals surface area contributed by atoms with Crippen LogP contribution in [0.4, 0.5) is 5.69 Å². The standard InChI is InChI=1S/C23H24N2O2/c1-15(19-12-11-18-7-4-5-8-21(18)13-19)24-16(2)23(27)25-22-10-6-9-20(14-22)17(3)26/h4-16,24H,1-3H3,(H,25,27). The van der Waals surface area contributed by atoms with Crippen molar-refractivity contribution in [3.8, 4) is 0 Å². The highest BCUT2D eigenvalue weighted by Crippen LogP contribution is 2.21. The van der Waals surface area contributed by atoms with Crippen molar-refractivity contribution >= 4 is 28.2 Å².